The van der Waals surface area contributed by atoms with Crippen molar-refractivity contribution in [1.29, 1.82) is 0 Å². The number of halogens is 1. The highest BCUT2D eigenvalue weighted by molar-refractivity contribution is 5.88. The van der Waals surface area contributed by atoms with E-state index in [1.54, 1.807) is 12.3 Å². The molecule has 0 spiro atoms. The number of esters is 1. The van der Waals surface area contributed by atoms with Gasteiger partial charge in [-0.25, -0.2) is 4.39 Å². The highest BCUT2D eigenvalue weighted by Crippen LogP contribution is 2.26. The summed E-state index contributed by atoms with van der Waals surface area (Å²) in [7, 11) is 0. The van der Waals surface area contributed by atoms with Crippen LogP contribution in [0.4, 0.5) is 4.39 Å². The fourth-order valence-corrected chi connectivity index (χ4v) is 2.20. The zero-order valence-corrected chi connectivity index (χ0v) is 11.7. The number of aromatic amines is 1. The van der Waals surface area contributed by atoms with Crippen LogP contribution in [0.1, 0.15) is 45.4 Å². The molecule has 0 unspecified atom stereocenters. The van der Waals surface area contributed by atoms with E-state index >= 15 is 0 Å². The Hall–Kier alpha value is -1.84. The van der Waals surface area contributed by atoms with Gasteiger partial charge in [0.15, 0.2) is 5.75 Å². The summed E-state index contributed by atoms with van der Waals surface area (Å²) in [6.45, 7) is 2.16. The van der Waals surface area contributed by atoms with Crippen molar-refractivity contribution < 1.29 is 13.9 Å². The van der Waals surface area contributed by atoms with E-state index in [-0.39, 0.29) is 11.8 Å². The summed E-state index contributed by atoms with van der Waals surface area (Å²) in [6.07, 6.45) is 7.50. The maximum absolute atomic E-state index is 13.0. The van der Waals surface area contributed by atoms with Crippen LogP contribution in [0.25, 0.3) is 10.9 Å². The summed E-state index contributed by atoms with van der Waals surface area (Å²) in [5, 5.41) is 0.728. The molecule has 1 heterocycles. The average molecular weight is 277 g/mol. The minimum absolute atomic E-state index is 0.230. The van der Waals surface area contributed by atoms with Crippen LogP contribution in [-0.2, 0) is 4.79 Å². The predicted octanol–water partition coefficient (Wildman–Crippen LogP) is 4.57. The largest absolute Gasteiger partial charge is 0.424 e. The fourth-order valence-electron chi connectivity index (χ4n) is 2.20. The molecule has 0 fully saturated rings. The molecule has 0 saturated carbocycles. The first-order valence-electron chi connectivity index (χ1n) is 7.18. The number of benzene rings is 1. The first kappa shape index (κ1) is 14.6. The van der Waals surface area contributed by atoms with Gasteiger partial charge >= 0.3 is 5.97 Å². The normalized spacial score (nSPS) is 10.9. The maximum atomic E-state index is 13.0. The lowest BCUT2D eigenvalue weighted by atomic mass is 10.1. The predicted molar refractivity (Wildman–Crippen MR) is 77.3 cm³/mol. The van der Waals surface area contributed by atoms with Crippen LogP contribution >= 0.6 is 0 Å². The lowest BCUT2D eigenvalue weighted by molar-refractivity contribution is -0.134. The molecule has 0 bridgehead atoms. The van der Waals surface area contributed by atoms with Gasteiger partial charge in [0.2, 0.25) is 0 Å². The van der Waals surface area contributed by atoms with Gasteiger partial charge in [0, 0.05) is 18.0 Å². The van der Waals surface area contributed by atoms with Gasteiger partial charge in [-0.1, -0.05) is 32.6 Å². The van der Waals surface area contributed by atoms with Crippen LogP contribution in [0.15, 0.2) is 24.4 Å². The van der Waals surface area contributed by atoms with Gasteiger partial charge in [-0.2, -0.15) is 0 Å². The SMILES string of the molecule is CCCCCCCC(=O)Oc1c[nH]c2cc(F)ccc12. The Kier molecular flexibility index (Phi) is 5.16. The molecule has 1 aromatic carbocycles. The Morgan fingerprint density at radius 2 is 2.05 bits per heavy atom. The highest BCUT2D eigenvalue weighted by atomic mass is 19.1. The van der Waals surface area contributed by atoms with Gasteiger partial charge in [0.05, 0.1) is 5.52 Å². The fraction of sp³-hybridized carbons (Fsp3) is 0.438. The van der Waals surface area contributed by atoms with Crippen molar-refractivity contribution in [3.8, 4) is 5.75 Å². The van der Waals surface area contributed by atoms with Crippen molar-refractivity contribution in [2.75, 3.05) is 0 Å². The zero-order chi connectivity index (χ0) is 14.4. The Balaban J connectivity index is 1.87. The molecule has 1 N–H and O–H groups in total. The topological polar surface area (TPSA) is 42.1 Å². The number of hydrogen-bond donors (Lipinski definition) is 1. The Bertz CT molecular complexity index is 577. The van der Waals surface area contributed by atoms with Gasteiger partial charge in [-0.3, -0.25) is 4.79 Å². The van der Waals surface area contributed by atoms with Crippen molar-refractivity contribution in [3.63, 3.8) is 0 Å². The van der Waals surface area contributed by atoms with Crippen LogP contribution in [0, 0.1) is 5.82 Å². The van der Waals surface area contributed by atoms with E-state index in [4.69, 9.17) is 4.74 Å². The number of hydrogen-bond acceptors (Lipinski definition) is 2. The molecule has 108 valence electrons. The standard InChI is InChI=1S/C16H20FNO2/c1-2-3-4-5-6-7-16(19)20-15-11-18-14-10-12(17)8-9-13(14)15/h8-11,18H,2-7H2,1H3. The molecular formula is C16H20FNO2. The molecule has 0 amide bonds. The molecule has 3 nitrogen and oxygen atoms in total. The van der Waals surface area contributed by atoms with Crippen LogP contribution in [0.2, 0.25) is 0 Å². The second-order valence-corrected chi connectivity index (χ2v) is 4.98. The average Bonchev–Trinajstić information content (AvgIpc) is 2.81. The molecule has 20 heavy (non-hydrogen) atoms. The molecule has 0 aliphatic heterocycles. The molecule has 0 radical (unpaired) electrons. The number of carbonyl (C=O) groups is 1. The zero-order valence-electron chi connectivity index (χ0n) is 11.7. The monoisotopic (exact) mass is 277 g/mol. The van der Waals surface area contributed by atoms with Crippen molar-refractivity contribution in [2.45, 2.75) is 45.4 Å². The molecule has 2 aromatic rings. The first-order chi connectivity index (χ1) is 9.70. The van der Waals surface area contributed by atoms with Crippen molar-refractivity contribution in [3.05, 3.63) is 30.2 Å². The second-order valence-electron chi connectivity index (χ2n) is 4.98. The number of unbranched alkanes of at least 4 members (excludes halogenated alkanes) is 4. The van der Waals surface area contributed by atoms with Gasteiger partial charge in [-0.05, 0) is 24.6 Å². The van der Waals surface area contributed by atoms with E-state index in [9.17, 15) is 9.18 Å². The minimum Gasteiger partial charge on any atom is -0.424 e. The maximum Gasteiger partial charge on any atom is 0.311 e. The Morgan fingerprint density at radius 1 is 1.25 bits per heavy atom. The number of fused-ring (bicyclic) bond motifs is 1. The lowest BCUT2D eigenvalue weighted by Gasteiger charge is -2.03. The van der Waals surface area contributed by atoms with E-state index in [2.05, 4.69) is 11.9 Å². The van der Waals surface area contributed by atoms with Crippen molar-refractivity contribution in [2.24, 2.45) is 0 Å². The van der Waals surface area contributed by atoms with Crippen molar-refractivity contribution in [1.82, 2.24) is 4.98 Å². The number of ether oxygens (including phenoxy) is 1. The summed E-state index contributed by atoms with van der Waals surface area (Å²) in [6, 6.07) is 4.36. The number of aromatic nitrogens is 1. The summed E-state index contributed by atoms with van der Waals surface area (Å²) < 4.78 is 18.4. The first-order valence-corrected chi connectivity index (χ1v) is 7.18. The summed E-state index contributed by atoms with van der Waals surface area (Å²) in [5.74, 6) is -0.0709. The lowest BCUT2D eigenvalue weighted by Crippen LogP contribution is -2.07. The van der Waals surface area contributed by atoms with Crippen molar-refractivity contribution >= 4 is 16.9 Å². The van der Waals surface area contributed by atoms with E-state index in [0.717, 1.165) is 24.6 Å². The molecule has 2 rings (SSSR count). The highest BCUT2D eigenvalue weighted by Gasteiger charge is 2.10. The quantitative estimate of drug-likeness (QED) is 0.595. The summed E-state index contributed by atoms with van der Waals surface area (Å²) >= 11 is 0. The Labute approximate surface area is 118 Å². The van der Waals surface area contributed by atoms with Gasteiger partial charge in [0.1, 0.15) is 5.82 Å². The summed E-state index contributed by atoms with van der Waals surface area (Å²) in [4.78, 5) is 14.6. The molecule has 0 saturated heterocycles. The minimum atomic E-state index is -0.312. The van der Waals surface area contributed by atoms with Crippen LogP contribution in [0.3, 0.4) is 0 Å². The van der Waals surface area contributed by atoms with Crippen LogP contribution in [-0.4, -0.2) is 11.0 Å². The Morgan fingerprint density at radius 3 is 2.85 bits per heavy atom. The molecule has 1 aromatic heterocycles. The molecule has 0 aliphatic carbocycles. The third-order valence-corrected chi connectivity index (χ3v) is 3.31. The van der Waals surface area contributed by atoms with Gasteiger partial charge in [0.25, 0.3) is 0 Å². The number of carbonyl (C=O) groups excluding carboxylic acids is 1. The third-order valence-electron chi connectivity index (χ3n) is 3.31. The molecule has 0 aliphatic rings. The molecular weight excluding hydrogens is 257 g/mol. The van der Waals surface area contributed by atoms with Crippen LogP contribution < -0.4 is 4.74 Å². The third kappa shape index (κ3) is 3.83. The van der Waals surface area contributed by atoms with E-state index in [0.29, 0.717) is 17.7 Å². The smallest absolute Gasteiger partial charge is 0.311 e. The van der Waals surface area contributed by atoms with Gasteiger partial charge < -0.3 is 9.72 Å². The molecule has 4 heteroatoms. The van der Waals surface area contributed by atoms with Gasteiger partial charge in [-0.15, -0.1) is 0 Å². The van der Waals surface area contributed by atoms with E-state index in [1.165, 1.54) is 25.0 Å². The number of H-pyrrole nitrogens is 1. The number of nitrogens with one attached hydrogen (secondary N) is 1. The van der Waals surface area contributed by atoms with Crippen LogP contribution in [0.5, 0.6) is 5.75 Å². The molecule has 0 atom stereocenters. The van der Waals surface area contributed by atoms with E-state index < -0.39 is 0 Å². The second kappa shape index (κ2) is 7.08. The van der Waals surface area contributed by atoms with E-state index in [1.807, 2.05) is 0 Å². The number of rotatable bonds is 7. The summed E-state index contributed by atoms with van der Waals surface area (Å²) in [5.41, 5.74) is 0.635.